The molecule has 0 saturated carbocycles. The van der Waals surface area contributed by atoms with Gasteiger partial charge in [0.05, 0.1) is 5.52 Å². The van der Waals surface area contributed by atoms with Gasteiger partial charge < -0.3 is 4.90 Å². The fourth-order valence-corrected chi connectivity index (χ4v) is 4.00. The third-order valence-corrected chi connectivity index (χ3v) is 5.80. The molecule has 1 fully saturated rings. The molecular weight excluding hydrogens is 423 g/mol. The van der Waals surface area contributed by atoms with Crippen LogP contribution in [0, 0.1) is 5.82 Å². The Labute approximate surface area is 171 Å². The highest BCUT2D eigenvalue weighted by molar-refractivity contribution is 9.10. The second-order valence-corrected chi connectivity index (χ2v) is 8.06. The van der Waals surface area contributed by atoms with E-state index in [-0.39, 0.29) is 11.7 Å². The lowest BCUT2D eigenvalue weighted by atomic mass is 10.1. The van der Waals surface area contributed by atoms with Gasteiger partial charge in [-0.1, -0.05) is 28.1 Å². The van der Waals surface area contributed by atoms with E-state index in [4.69, 9.17) is 0 Å². The summed E-state index contributed by atoms with van der Waals surface area (Å²) < 4.78 is 15.7. The van der Waals surface area contributed by atoms with Crippen LogP contribution in [0.1, 0.15) is 16.1 Å². The fraction of sp³-hybridized carbons (Fsp3) is 0.333. The first-order chi connectivity index (χ1) is 13.5. The first-order valence-electron chi connectivity index (χ1n) is 9.39. The maximum Gasteiger partial charge on any atom is 0.275 e. The Morgan fingerprint density at radius 2 is 1.82 bits per heavy atom. The maximum absolute atomic E-state index is 13.0. The van der Waals surface area contributed by atoms with Crippen molar-refractivity contribution >= 4 is 32.7 Å². The van der Waals surface area contributed by atoms with Gasteiger partial charge in [-0.15, -0.1) is 0 Å². The highest BCUT2D eigenvalue weighted by Crippen LogP contribution is 2.23. The minimum atomic E-state index is -0.203. The lowest BCUT2D eigenvalue weighted by Crippen LogP contribution is -2.49. The van der Waals surface area contributed by atoms with Crippen molar-refractivity contribution in [2.75, 3.05) is 32.7 Å². The number of rotatable bonds is 4. The quantitative estimate of drug-likeness (QED) is 0.618. The lowest BCUT2D eigenvalue weighted by molar-refractivity contribution is 0.0634. The Kier molecular flexibility index (Phi) is 5.46. The number of halogens is 2. The van der Waals surface area contributed by atoms with Gasteiger partial charge in [0.25, 0.3) is 5.91 Å². The fourth-order valence-electron chi connectivity index (χ4n) is 3.65. The second-order valence-electron chi connectivity index (χ2n) is 7.14. The molecule has 0 bridgehead atoms. The summed E-state index contributed by atoms with van der Waals surface area (Å²) in [7, 11) is 1.86. The minimum absolute atomic E-state index is 0.00823. The highest BCUT2D eigenvalue weighted by atomic mass is 79.9. The number of hydrogen-bond donors (Lipinski definition) is 0. The van der Waals surface area contributed by atoms with E-state index < -0.39 is 0 Å². The van der Waals surface area contributed by atoms with E-state index >= 15 is 0 Å². The Morgan fingerprint density at radius 1 is 1.11 bits per heavy atom. The van der Waals surface area contributed by atoms with Crippen LogP contribution in [-0.2, 0) is 13.5 Å². The van der Waals surface area contributed by atoms with Crippen LogP contribution < -0.4 is 0 Å². The van der Waals surface area contributed by atoms with Crippen LogP contribution in [0.4, 0.5) is 4.39 Å². The summed E-state index contributed by atoms with van der Waals surface area (Å²) in [5.74, 6) is -0.212. The van der Waals surface area contributed by atoms with Crippen LogP contribution >= 0.6 is 15.9 Å². The Morgan fingerprint density at radius 3 is 2.54 bits per heavy atom. The number of aryl methyl sites for hydroxylation is 1. The standard InChI is InChI=1S/C21H22BrFN4O/c1-25-19-14-16(22)4-7-18(19)20(24-25)21(28)27-12-10-26(11-13-27)9-8-15-2-5-17(23)6-3-15/h2-7,14H,8-13H2,1H3. The molecule has 2 heterocycles. The molecule has 3 aromatic rings. The predicted octanol–water partition coefficient (Wildman–Crippen LogP) is 3.48. The number of benzene rings is 2. The van der Waals surface area contributed by atoms with Gasteiger partial charge in [-0.3, -0.25) is 14.4 Å². The van der Waals surface area contributed by atoms with Crippen LogP contribution in [-0.4, -0.2) is 58.2 Å². The van der Waals surface area contributed by atoms with Crippen LogP contribution in [0.3, 0.4) is 0 Å². The average Bonchev–Trinajstić information content (AvgIpc) is 3.03. The van der Waals surface area contributed by atoms with Gasteiger partial charge >= 0.3 is 0 Å². The zero-order valence-electron chi connectivity index (χ0n) is 15.7. The van der Waals surface area contributed by atoms with Crippen LogP contribution in [0.2, 0.25) is 0 Å². The van der Waals surface area contributed by atoms with Crippen molar-refractivity contribution in [3.8, 4) is 0 Å². The predicted molar refractivity (Wildman–Crippen MR) is 111 cm³/mol. The van der Waals surface area contributed by atoms with Crippen molar-refractivity contribution in [3.05, 3.63) is 64.0 Å². The summed E-state index contributed by atoms with van der Waals surface area (Å²) in [5, 5.41) is 5.35. The van der Waals surface area contributed by atoms with Crippen molar-refractivity contribution < 1.29 is 9.18 Å². The zero-order chi connectivity index (χ0) is 19.7. The summed E-state index contributed by atoms with van der Waals surface area (Å²) >= 11 is 3.47. The molecule has 0 N–H and O–H groups in total. The Bertz CT molecular complexity index is 994. The van der Waals surface area contributed by atoms with Gasteiger partial charge in [0.15, 0.2) is 5.69 Å². The molecule has 2 aromatic carbocycles. The first kappa shape index (κ1) is 19.1. The zero-order valence-corrected chi connectivity index (χ0v) is 17.3. The molecule has 1 aliphatic rings. The topological polar surface area (TPSA) is 41.4 Å². The van der Waals surface area contributed by atoms with E-state index in [0.29, 0.717) is 18.8 Å². The summed E-state index contributed by atoms with van der Waals surface area (Å²) in [6.07, 6.45) is 0.883. The second kappa shape index (κ2) is 8.01. The lowest BCUT2D eigenvalue weighted by Gasteiger charge is -2.34. The van der Waals surface area contributed by atoms with E-state index in [0.717, 1.165) is 47.0 Å². The van der Waals surface area contributed by atoms with E-state index in [1.807, 2.05) is 42.3 Å². The molecule has 7 heteroatoms. The van der Waals surface area contributed by atoms with Gasteiger partial charge in [-0.2, -0.15) is 5.10 Å². The number of carbonyl (C=O) groups excluding carboxylic acids is 1. The van der Waals surface area contributed by atoms with Crippen molar-refractivity contribution in [1.82, 2.24) is 19.6 Å². The Hall–Kier alpha value is -2.25. The molecule has 0 atom stereocenters. The van der Waals surface area contributed by atoms with Crippen molar-refractivity contribution in [1.29, 1.82) is 0 Å². The molecule has 1 aromatic heterocycles. The number of piperazine rings is 1. The summed E-state index contributed by atoms with van der Waals surface area (Å²) in [5.41, 5.74) is 2.59. The average molecular weight is 445 g/mol. The molecule has 1 amide bonds. The number of aromatic nitrogens is 2. The van der Waals surface area contributed by atoms with Gasteiger partial charge in [0.2, 0.25) is 0 Å². The third kappa shape index (κ3) is 3.95. The van der Waals surface area contributed by atoms with E-state index in [9.17, 15) is 9.18 Å². The normalized spacial score (nSPS) is 15.3. The van der Waals surface area contributed by atoms with E-state index in [1.54, 1.807) is 4.68 Å². The molecule has 5 nitrogen and oxygen atoms in total. The summed E-state index contributed by atoms with van der Waals surface area (Å²) in [6.45, 7) is 3.97. The van der Waals surface area contributed by atoms with Crippen LogP contribution in [0.5, 0.6) is 0 Å². The highest BCUT2D eigenvalue weighted by Gasteiger charge is 2.25. The number of fused-ring (bicyclic) bond motifs is 1. The van der Waals surface area contributed by atoms with Crippen LogP contribution in [0.25, 0.3) is 10.9 Å². The molecule has 1 aliphatic heterocycles. The summed E-state index contributed by atoms with van der Waals surface area (Å²) in [6, 6.07) is 12.5. The van der Waals surface area contributed by atoms with E-state index in [2.05, 4.69) is 25.9 Å². The largest absolute Gasteiger partial charge is 0.335 e. The van der Waals surface area contributed by atoms with Gasteiger partial charge in [-0.05, 0) is 42.3 Å². The molecule has 4 rings (SSSR count). The molecule has 28 heavy (non-hydrogen) atoms. The number of hydrogen-bond acceptors (Lipinski definition) is 3. The molecule has 0 unspecified atom stereocenters. The molecular formula is C21H22BrFN4O. The van der Waals surface area contributed by atoms with Crippen molar-refractivity contribution in [2.24, 2.45) is 7.05 Å². The number of amides is 1. The SMILES string of the molecule is Cn1nc(C(=O)N2CCN(CCc3ccc(F)cc3)CC2)c2ccc(Br)cc21. The first-order valence-corrected chi connectivity index (χ1v) is 10.2. The Balaban J connectivity index is 1.37. The number of carbonyl (C=O) groups is 1. The molecule has 1 saturated heterocycles. The molecule has 0 spiro atoms. The van der Waals surface area contributed by atoms with Crippen molar-refractivity contribution in [2.45, 2.75) is 6.42 Å². The molecule has 0 aliphatic carbocycles. The monoisotopic (exact) mass is 444 g/mol. The van der Waals surface area contributed by atoms with E-state index in [1.165, 1.54) is 12.1 Å². The van der Waals surface area contributed by atoms with Gasteiger partial charge in [-0.25, -0.2) is 4.39 Å². The van der Waals surface area contributed by atoms with Gasteiger partial charge in [0, 0.05) is 49.6 Å². The summed E-state index contributed by atoms with van der Waals surface area (Å²) in [4.78, 5) is 17.2. The maximum atomic E-state index is 13.0. The number of nitrogens with zero attached hydrogens (tertiary/aromatic N) is 4. The third-order valence-electron chi connectivity index (χ3n) is 5.31. The molecule has 0 radical (unpaired) electrons. The van der Waals surface area contributed by atoms with Crippen LogP contribution in [0.15, 0.2) is 46.9 Å². The minimum Gasteiger partial charge on any atom is -0.335 e. The smallest absolute Gasteiger partial charge is 0.275 e. The van der Waals surface area contributed by atoms with Gasteiger partial charge in [0.1, 0.15) is 5.82 Å². The van der Waals surface area contributed by atoms with Crippen molar-refractivity contribution in [3.63, 3.8) is 0 Å². The molecule has 146 valence electrons.